The largest absolute Gasteiger partial charge is 0.383 e. The van der Waals surface area contributed by atoms with Gasteiger partial charge in [0.05, 0.1) is 16.4 Å². The Morgan fingerprint density at radius 1 is 0.905 bits per heavy atom. The van der Waals surface area contributed by atoms with Crippen molar-refractivity contribution >= 4 is 39.5 Å². The quantitative estimate of drug-likeness (QED) is 0.290. The molecule has 2 aliphatic rings. The summed E-state index contributed by atoms with van der Waals surface area (Å²) in [7, 11) is 4.11. The summed E-state index contributed by atoms with van der Waals surface area (Å²) in [6, 6.07) is 12.5. The normalized spacial score (nSPS) is 20.5. The zero-order valence-corrected chi connectivity index (χ0v) is 24.5. The molecule has 1 saturated carbocycles. The fraction of sp³-hybridized carbons (Fsp3) is 0.406. The van der Waals surface area contributed by atoms with Crippen LogP contribution in [0.15, 0.2) is 48.9 Å². The second-order valence-corrected chi connectivity index (χ2v) is 11.9. The summed E-state index contributed by atoms with van der Waals surface area (Å²) < 4.78 is 18.4. The van der Waals surface area contributed by atoms with Gasteiger partial charge in [-0.2, -0.15) is 0 Å². The van der Waals surface area contributed by atoms with Crippen molar-refractivity contribution in [2.45, 2.75) is 44.7 Å². The SMILES string of the molecule is Cc1c(F)ccc2nc(Nc3ccc(-c4cn([C@H]5CC[C@@H](N6CCN(C)CC6)CC5)c5ncnc(N)c45)cc3)n(C)c12. The summed E-state index contributed by atoms with van der Waals surface area (Å²) in [6.07, 6.45) is 8.48. The van der Waals surface area contributed by atoms with Crippen molar-refractivity contribution in [1.82, 2.24) is 33.9 Å². The van der Waals surface area contributed by atoms with Crippen molar-refractivity contribution in [2.24, 2.45) is 7.05 Å². The van der Waals surface area contributed by atoms with E-state index in [1.54, 1.807) is 19.3 Å². The third-order valence-corrected chi connectivity index (χ3v) is 9.43. The van der Waals surface area contributed by atoms with Crippen molar-refractivity contribution in [1.29, 1.82) is 0 Å². The molecule has 3 N–H and O–H groups in total. The van der Waals surface area contributed by atoms with E-state index in [2.05, 4.69) is 55.0 Å². The molecule has 2 aromatic carbocycles. The van der Waals surface area contributed by atoms with Crippen molar-refractivity contribution in [3.8, 4) is 11.1 Å². The van der Waals surface area contributed by atoms with Gasteiger partial charge in [0.25, 0.3) is 0 Å². The third-order valence-electron chi connectivity index (χ3n) is 9.43. The number of aryl methyl sites for hydroxylation is 2. The van der Waals surface area contributed by atoms with Gasteiger partial charge < -0.3 is 25.1 Å². The lowest BCUT2D eigenvalue weighted by atomic mass is 9.89. The van der Waals surface area contributed by atoms with Crippen LogP contribution in [0.4, 0.5) is 21.8 Å². The number of imidazole rings is 1. The number of hydrogen-bond acceptors (Lipinski definition) is 7. The molecule has 7 rings (SSSR count). The van der Waals surface area contributed by atoms with Crippen LogP contribution in [0.2, 0.25) is 0 Å². The minimum absolute atomic E-state index is 0.230. The number of hydrogen-bond donors (Lipinski definition) is 2. The smallest absolute Gasteiger partial charge is 0.208 e. The van der Waals surface area contributed by atoms with Gasteiger partial charge in [0.1, 0.15) is 23.6 Å². The van der Waals surface area contributed by atoms with Crippen molar-refractivity contribution < 1.29 is 4.39 Å². The number of piperazine rings is 1. The molecule has 0 atom stereocenters. The first-order valence-electron chi connectivity index (χ1n) is 14.9. The van der Waals surface area contributed by atoms with Gasteiger partial charge in [-0.3, -0.25) is 4.90 Å². The maximum Gasteiger partial charge on any atom is 0.208 e. The van der Waals surface area contributed by atoms with Gasteiger partial charge >= 0.3 is 0 Å². The minimum Gasteiger partial charge on any atom is -0.383 e. The van der Waals surface area contributed by atoms with Crippen LogP contribution in [0, 0.1) is 12.7 Å². The Hall–Kier alpha value is -4.02. The van der Waals surface area contributed by atoms with E-state index in [1.807, 2.05) is 23.7 Å². The highest BCUT2D eigenvalue weighted by molar-refractivity contribution is 6.00. The Morgan fingerprint density at radius 3 is 2.36 bits per heavy atom. The topological polar surface area (TPSA) is 93.1 Å². The van der Waals surface area contributed by atoms with Gasteiger partial charge in [0.2, 0.25) is 5.95 Å². The highest BCUT2D eigenvalue weighted by Gasteiger charge is 2.30. The number of nitrogen functional groups attached to an aromatic ring is 1. The number of anilines is 3. The average molecular weight is 568 g/mol. The summed E-state index contributed by atoms with van der Waals surface area (Å²) in [4.78, 5) is 18.8. The highest BCUT2D eigenvalue weighted by Crippen LogP contribution is 2.39. The van der Waals surface area contributed by atoms with Crippen LogP contribution >= 0.6 is 0 Å². The lowest BCUT2D eigenvalue weighted by Crippen LogP contribution is -2.49. The summed E-state index contributed by atoms with van der Waals surface area (Å²) in [5.74, 6) is 0.934. The number of likely N-dealkylation sites (N-methyl/N-ethyl adjacent to an activating group) is 1. The van der Waals surface area contributed by atoms with E-state index in [0.29, 0.717) is 29.4 Å². The Morgan fingerprint density at radius 2 is 1.62 bits per heavy atom. The van der Waals surface area contributed by atoms with Crippen LogP contribution in [-0.2, 0) is 7.05 Å². The van der Waals surface area contributed by atoms with Gasteiger partial charge in [0.15, 0.2) is 0 Å². The van der Waals surface area contributed by atoms with E-state index < -0.39 is 0 Å². The summed E-state index contributed by atoms with van der Waals surface area (Å²) in [6.45, 7) is 6.45. The molecule has 1 aliphatic carbocycles. The second-order valence-electron chi connectivity index (χ2n) is 11.9. The Kier molecular flexibility index (Phi) is 6.82. The maximum absolute atomic E-state index is 14.2. The molecule has 10 heteroatoms. The fourth-order valence-electron chi connectivity index (χ4n) is 6.94. The molecule has 5 aromatic rings. The van der Waals surface area contributed by atoms with Gasteiger partial charge in [0, 0.05) is 68.3 Å². The molecule has 2 fully saturated rings. The molecule has 1 aliphatic heterocycles. The van der Waals surface area contributed by atoms with Gasteiger partial charge in [-0.05, 0) is 69.5 Å². The van der Waals surface area contributed by atoms with Crippen molar-refractivity contribution in [3.05, 3.63) is 60.3 Å². The van der Waals surface area contributed by atoms with Gasteiger partial charge in [-0.25, -0.2) is 19.3 Å². The molecular weight excluding hydrogens is 529 g/mol. The summed E-state index contributed by atoms with van der Waals surface area (Å²) in [5.41, 5.74) is 12.5. The minimum atomic E-state index is -0.230. The molecule has 9 nitrogen and oxygen atoms in total. The van der Waals surface area contributed by atoms with E-state index in [4.69, 9.17) is 10.7 Å². The molecule has 0 spiro atoms. The molecule has 0 radical (unpaired) electrons. The van der Waals surface area contributed by atoms with E-state index in [0.717, 1.165) is 64.8 Å². The molecule has 42 heavy (non-hydrogen) atoms. The van der Waals surface area contributed by atoms with E-state index in [9.17, 15) is 4.39 Å². The predicted octanol–water partition coefficient (Wildman–Crippen LogP) is 5.49. The monoisotopic (exact) mass is 567 g/mol. The number of nitrogens with two attached hydrogens (primary N) is 1. The van der Waals surface area contributed by atoms with Crippen LogP contribution in [0.5, 0.6) is 0 Å². The number of nitrogens with zero attached hydrogens (tertiary/aromatic N) is 7. The van der Waals surface area contributed by atoms with Gasteiger partial charge in [-0.1, -0.05) is 12.1 Å². The Bertz CT molecular complexity index is 1740. The van der Waals surface area contributed by atoms with E-state index in [-0.39, 0.29) is 5.82 Å². The fourth-order valence-corrected chi connectivity index (χ4v) is 6.94. The van der Waals surface area contributed by atoms with Gasteiger partial charge in [-0.15, -0.1) is 0 Å². The highest BCUT2D eigenvalue weighted by atomic mass is 19.1. The van der Waals surface area contributed by atoms with Crippen molar-refractivity contribution in [3.63, 3.8) is 0 Å². The molecule has 4 heterocycles. The van der Waals surface area contributed by atoms with Crippen LogP contribution < -0.4 is 11.1 Å². The lowest BCUT2D eigenvalue weighted by molar-refractivity contribution is 0.0828. The molecule has 3 aromatic heterocycles. The summed E-state index contributed by atoms with van der Waals surface area (Å²) >= 11 is 0. The number of nitrogens with one attached hydrogen (secondary N) is 1. The molecule has 0 unspecified atom stereocenters. The molecule has 0 bridgehead atoms. The molecule has 218 valence electrons. The first-order valence-corrected chi connectivity index (χ1v) is 14.9. The Balaban J connectivity index is 1.13. The number of halogens is 1. The van der Waals surface area contributed by atoms with Crippen molar-refractivity contribution in [2.75, 3.05) is 44.3 Å². The zero-order chi connectivity index (χ0) is 29.0. The first-order chi connectivity index (χ1) is 20.4. The first kappa shape index (κ1) is 26.9. The Labute approximate surface area is 245 Å². The van der Waals surface area contributed by atoms with Crippen LogP contribution in [0.1, 0.15) is 37.3 Å². The zero-order valence-electron chi connectivity index (χ0n) is 24.5. The average Bonchev–Trinajstić information content (AvgIpc) is 3.55. The van der Waals surface area contributed by atoms with Crippen LogP contribution in [0.3, 0.4) is 0 Å². The lowest BCUT2D eigenvalue weighted by Gasteiger charge is -2.41. The molecule has 0 amide bonds. The predicted molar refractivity (Wildman–Crippen MR) is 166 cm³/mol. The number of benzene rings is 2. The summed E-state index contributed by atoms with van der Waals surface area (Å²) in [5, 5.41) is 4.30. The molecule has 1 saturated heterocycles. The van der Waals surface area contributed by atoms with Crippen LogP contribution in [-0.4, -0.2) is 73.2 Å². The standard InChI is InChI=1S/C32H38FN9/c1-20-26(33)12-13-27-29(20)40(3)32(38-27)37-22-6-4-21(5-7-22)25-18-42(31-28(25)30(34)35-19-36-31)24-10-8-23(9-11-24)41-16-14-39(2)15-17-41/h4-7,12-13,18-19,23-24H,8-11,14-17H2,1-3H3,(H,37,38)(H2,34,35,36)/t23-,24+. The third kappa shape index (κ3) is 4.68. The number of fused-ring (bicyclic) bond motifs is 2. The second kappa shape index (κ2) is 10.7. The number of aromatic nitrogens is 5. The van der Waals surface area contributed by atoms with E-state index in [1.165, 1.54) is 32.0 Å². The molecular formula is C32H38FN9. The number of rotatable bonds is 5. The van der Waals surface area contributed by atoms with E-state index >= 15 is 0 Å². The maximum atomic E-state index is 14.2. The van der Waals surface area contributed by atoms with Crippen LogP contribution in [0.25, 0.3) is 33.2 Å².